The lowest BCUT2D eigenvalue weighted by Crippen LogP contribution is -2.44. The molecular weight excluding hydrogens is 272 g/mol. The predicted molar refractivity (Wildman–Crippen MR) is 79.0 cm³/mol. The van der Waals surface area contributed by atoms with E-state index in [-0.39, 0.29) is 18.4 Å². The van der Waals surface area contributed by atoms with Gasteiger partial charge in [0, 0.05) is 33.4 Å². The smallest absolute Gasteiger partial charge is 0.410 e. The molecule has 1 amide bonds. The Bertz CT molecular complexity index is 366. The molecule has 122 valence electrons. The highest BCUT2D eigenvalue weighted by Gasteiger charge is 2.57. The maximum atomic E-state index is 12.0. The van der Waals surface area contributed by atoms with Crippen molar-refractivity contribution in [2.45, 2.75) is 51.7 Å². The largest absolute Gasteiger partial charge is 0.444 e. The minimum Gasteiger partial charge on any atom is -0.444 e. The highest BCUT2D eigenvalue weighted by Crippen LogP contribution is 2.46. The molecule has 1 N–H and O–H groups in total. The van der Waals surface area contributed by atoms with Crippen molar-refractivity contribution in [1.82, 2.24) is 10.2 Å². The third-order valence-corrected chi connectivity index (χ3v) is 4.17. The summed E-state index contributed by atoms with van der Waals surface area (Å²) >= 11 is 0. The molecule has 1 aliphatic carbocycles. The van der Waals surface area contributed by atoms with Crippen molar-refractivity contribution in [3.63, 3.8) is 0 Å². The zero-order valence-electron chi connectivity index (χ0n) is 13.9. The van der Waals surface area contributed by atoms with Crippen LogP contribution >= 0.6 is 0 Å². The number of piperidine rings is 1. The summed E-state index contributed by atoms with van der Waals surface area (Å²) in [6.45, 7) is 9.27. The molecule has 2 rings (SSSR count). The predicted octanol–water partition coefficient (Wildman–Crippen LogP) is 1.45. The molecule has 0 aromatic carbocycles. The molecule has 21 heavy (non-hydrogen) atoms. The van der Waals surface area contributed by atoms with E-state index in [2.05, 4.69) is 12.2 Å². The number of fused-ring (bicyclic) bond motifs is 1. The molecule has 3 unspecified atom stereocenters. The second kappa shape index (κ2) is 6.10. The molecule has 2 fully saturated rings. The van der Waals surface area contributed by atoms with Crippen molar-refractivity contribution in [2.24, 2.45) is 11.8 Å². The second-order valence-corrected chi connectivity index (χ2v) is 7.03. The lowest BCUT2D eigenvalue weighted by atomic mass is 10.2. The number of hydrogen-bond acceptors (Lipinski definition) is 5. The molecule has 1 heterocycles. The molecule has 0 aromatic rings. The first-order valence-corrected chi connectivity index (χ1v) is 7.56. The van der Waals surface area contributed by atoms with E-state index in [1.54, 1.807) is 14.2 Å². The van der Waals surface area contributed by atoms with Crippen LogP contribution < -0.4 is 5.32 Å². The van der Waals surface area contributed by atoms with Gasteiger partial charge < -0.3 is 24.4 Å². The number of amides is 1. The van der Waals surface area contributed by atoms with Crippen LogP contribution in [0.5, 0.6) is 0 Å². The minimum atomic E-state index is -0.430. The van der Waals surface area contributed by atoms with Crippen LogP contribution in [0.3, 0.4) is 0 Å². The summed E-state index contributed by atoms with van der Waals surface area (Å²) in [6.07, 6.45) is -0.443. The molecule has 3 atom stereocenters. The number of ether oxygens (including phenoxy) is 3. The Morgan fingerprint density at radius 2 is 1.71 bits per heavy atom. The number of hydrogen-bond donors (Lipinski definition) is 1. The fraction of sp³-hybridized carbons (Fsp3) is 0.933. The van der Waals surface area contributed by atoms with Crippen LogP contribution in [0, 0.1) is 11.8 Å². The van der Waals surface area contributed by atoms with Gasteiger partial charge in [-0.2, -0.15) is 0 Å². The van der Waals surface area contributed by atoms with Gasteiger partial charge in [-0.1, -0.05) is 0 Å². The van der Waals surface area contributed by atoms with Crippen LogP contribution in [0.4, 0.5) is 4.79 Å². The van der Waals surface area contributed by atoms with E-state index >= 15 is 0 Å². The van der Waals surface area contributed by atoms with Crippen molar-refractivity contribution in [2.75, 3.05) is 27.3 Å². The number of rotatable bonds is 5. The number of nitrogens with one attached hydrogen (secondary N) is 1. The number of carbonyl (C=O) groups excluding carboxylic acids is 1. The van der Waals surface area contributed by atoms with Gasteiger partial charge >= 0.3 is 6.09 Å². The standard InChI is InChI=1S/C15H28N2O4/c1-9(13(19-5)20-6)16-12-10-7-17(8-11(10)12)14(18)21-15(2,3)4/h9-13,16H,7-8H2,1-6H3. The summed E-state index contributed by atoms with van der Waals surface area (Å²) in [5.41, 5.74) is -0.430. The maximum Gasteiger partial charge on any atom is 0.410 e. The molecule has 0 spiro atoms. The monoisotopic (exact) mass is 300 g/mol. The van der Waals surface area contributed by atoms with Crippen LogP contribution in [-0.2, 0) is 14.2 Å². The quantitative estimate of drug-likeness (QED) is 0.779. The molecule has 1 aliphatic heterocycles. The second-order valence-electron chi connectivity index (χ2n) is 7.03. The molecule has 6 heteroatoms. The van der Waals surface area contributed by atoms with E-state index in [9.17, 15) is 4.79 Å². The van der Waals surface area contributed by atoms with Crippen LogP contribution in [0.2, 0.25) is 0 Å². The van der Waals surface area contributed by atoms with E-state index in [4.69, 9.17) is 14.2 Å². The van der Waals surface area contributed by atoms with E-state index in [1.807, 2.05) is 25.7 Å². The van der Waals surface area contributed by atoms with Crippen molar-refractivity contribution in [3.05, 3.63) is 0 Å². The van der Waals surface area contributed by atoms with Crippen LogP contribution in [0.25, 0.3) is 0 Å². The number of likely N-dealkylation sites (tertiary alicyclic amines) is 1. The number of methoxy groups -OCH3 is 2. The zero-order valence-corrected chi connectivity index (χ0v) is 13.9. The van der Waals surface area contributed by atoms with Crippen LogP contribution in [0.15, 0.2) is 0 Å². The summed E-state index contributed by atoms with van der Waals surface area (Å²) in [4.78, 5) is 13.8. The van der Waals surface area contributed by atoms with Gasteiger partial charge in [-0.05, 0) is 39.5 Å². The van der Waals surface area contributed by atoms with Crippen molar-refractivity contribution >= 4 is 6.09 Å². The topological polar surface area (TPSA) is 60.0 Å². The van der Waals surface area contributed by atoms with Gasteiger partial charge in [0.15, 0.2) is 6.29 Å². The summed E-state index contributed by atoms with van der Waals surface area (Å²) in [5, 5.41) is 3.54. The fourth-order valence-electron chi connectivity index (χ4n) is 3.14. The Hall–Kier alpha value is -0.850. The SMILES string of the molecule is COC(OC)C(C)NC1C2CN(C(=O)OC(C)(C)C)CC21. The molecule has 1 saturated heterocycles. The highest BCUT2D eigenvalue weighted by molar-refractivity contribution is 5.69. The first-order valence-electron chi connectivity index (χ1n) is 7.56. The van der Waals surface area contributed by atoms with Crippen molar-refractivity contribution in [1.29, 1.82) is 0 Å². The fourth-order valence-corrected chi connectivity index (χ4v) is 3.14. The van der Waals surface area contributed by atoms with Gasteiger partial charge in [0.1, 0.15) is 5.60 Å². The van der Waals surface area contributed by atoms with Crippen LogP contribution in [0.1, 0.15) is 27.7 Å². The first-order chi connectivity index (χ1) is 9.76. The van der Waals surface area contributed by atoms with Crippen molar-refractivity contribution < 1.29 is 19.0 Å². The molecule has 1 saturated carbocycles. The molecule has 0 bridgehead atoms. The Labute approximate surface area is 127 Å². The van der Waals surface area contributed by atoms with Gasteiger partial charge in [0.2, 0.25) is 0 Å². The third-order valence-electron chi connectivity index (χ3n) is 4.17. The molecule has 6 nitrogen and oxygen atoms in total. The van der Waals surface area contributed by atoms with Crippen LogP contribution in [-0.4, -0.2) is 62.3 Å². The number of carbonyl (C=O) groups is 1. The van der Waals surface area contributed by atoms with Gasteiger partial charge in [0.25, 0.3) is 0 Å². The average molecular weight is 300 g/mol. The molecule has 2 aliphatic rings. The van der Waals surface area contributed by atoms with Gasteiger partial charge in [-0.15, -0.1) is 0 Å². The van der Waals surface area contributed by atoms with Gasteiger partial charge in [0.05, 0.1) is 6.04 Å². The zero-order chi connectivity index (χ0) is 15.8. The Morgan fingerprint density at radius 1 is 1.19 bits per heavy atom. The minimum absolute atomic E-state index is 0.130. The normalized spacial score (nSPS) is 29.5. The summed E-state index contributed by atoms with van der Waals surface area (Å²) in [6, 6.07) is 0.581. The maximum absolute atomic E-state index is 12.0. The van der Waals surface area contributed by atoms with E-state index in [0.29, 0.717) is 17.9 Å². The Balaban J connectivity index is 1.76. The molecule has 0 aromatic heterocycles. The van der Waals surface area contributed by atoms with E-state index in [1.165, 1.54) is 0 Å². The Kier molecular flexibility index (Phi) is 4.80. The average Bonchev–Trinajstić information content (AvgIpc) is 2.84. The van der Waals surface area contributed by atoms with E-state index < -0.39 is 5.60 Å². The molecular formula is C15H28N2O4. The van der Waals surface area contributed by atoms with E-state index in [0.717, 1.165) is 13.1 Å². The summed E-state index contributed by atoms with van der Waals surface area (Å²) < 4.78 is 15.9. The van der Waals surface area contributed by atoms with Gasteiger partial charge in [-0.3, -0.25) is 0 Å². The lowest BCUT2D eigenvalue weighted by molar-refractivity contribution is -0.120. The van der Waals surface area contributed by atoms with Gasteiger partial charge in [-0.25, -0.2) is 4.79 Å². The lowest BCUT2D eigenvalue weighted by Gasteiger charge is -2.27. The third kappa shape index (κ3) is 3.87. The number of nitrogens with zero attached hydrogens (tertiary/aromatic N) is 1. The molecule has 0 radical (unpaired) electrons. The van der Waals surface area contributed by atoms with Crippen molar-refractivity contribution in [3.8, 4) is 0 Å². The summed E-state index contributed by atoms with van der Waals surface area (Å²) in [7, 11) is 3.29. The summed E-state index contributed by atoms with van der Waals surface area (Å²) in [5.74, 6) is 1.05. The highest BCUT2D eigenvalue weighted by atomic mass is 16.7. The Morgan fingerprint density at radius 3 is 2.14 bits per heavy atom. The first kappa shape index (κ1) is 16.5.